The number of alkyl halides is 3. The molecular weight excluding hydrogens is 200 g/mol. The van der Waals surface area contributed by atoms with E-state index in [-0.39, 0.29) is 17.1 Å². The number of rotatable bonds is 2. The van der Waals surface area contributed by atoms with Crippen molar-refractivity contribution in [1.82, 2.24) is 4.98 Å². The van der Waals surface area contributed by atoms with Gasteiger partial charge in [-0.1, -0.05) is 0 Å². The van der Waals surface area contributed by atoms with Crippen molar-refractivity contribution >= 4 is 11.6 Å². The summed E-state index contributed by atoms with van der Waals surface area (Å²) in [7, 11) is 0. The summed E-state index contributed by atoms with van der Waals surface area (Å²) in [5.41, 5.74) is -0.403. The number of H-pyrrole nitrogens is 1. The van der Waals surface area contributed by atoms with Crippen LogP contribution in [0.25, 0.3) is 0 Å². The van der Waals surface area contributed by atoms with Crippen molar-refractivity contribution < 1.29 is 8.78 Å². The molecule has 0 aliphatic carbocycles. The summed E-state index contributed by atoms with van der Waals surface area (Å²) < 4.78 is 24.5. The number of hydrogen-bond donors (Lipinski definition) is 1. The molecule has 0 spiro atoms. The molecule has 2 nitrogen and oxygen atoms in total. The van der Waals surface area contributed by atoms with Gasteiger partial charge in [-0.25, -0.2) is 8.78 Å². The van der Waals surface area contributed by atoms with Crippen LogP contribution in [0.5, 0.6) is 0 Å². The first-order chi connectivity index (χ1) is 6.07. The Hall–Kier alpha value is -0.900. The molecule has 0 bridgehead atoms. The van der Waals surface area contributed by atoms with E-state index in [2.05, 4.69) is 4.98 Å². The summed E-state index contributed by atoms with van der Waals surface area (Å²) in [6, 6.07) is 0. The lowest BCUT2D eigenvalue weighted by molar-refractivity contribution is 0.145. The molecule has 1 aromatic heterocycles. The predicted octanol–water partition coefficient (Wildman–Crippen LogP) is 2.36. The number of nitrogens with one attached hydrogen (secondary N) is 1. The lowest BCUT2D eigenvalue weighted by Gasteiger charge is -2.04. The minimum atomic E-state index is -2.66. The van der Waals surface area contributed by atoms with Crippen LogP contribution in [-0.2, 0) is 5.88 Å². The maximum Gasteiger partial charge on any atom is 0.278 e. The number of aromatic amines is 1. The van der Waals surface area contributed by atoms with E-state index < -0.39 is 11.9 Å². The molecule has 0 radical (unpaired) electrons. The fraction of sp³-hybridized carbons (Fsp3) is 0.375. The molecule has 1 N–H and O–H groups in total. The van der Waals surface area contributed by atoms with Crippen molar-refractivity contribution in [3.05, 3.63) is 33.2 Å². The molecule has 5 heteroatoms. The smallest absolute Gasteiger partial charge is 0.278 e. The molecule has 0 aliphatic rings. The Balaban J connectivity index is 3.32. The Morgan fingerprint density at radius 1 is 1.62 bits per heavy atom. The van der Waals surface area contributed by atoms with Crippen molar-refractivity contribution in [3.63, 3.8) is 0 Å². The van der Waals surface area contributed by atoms with Crippen LogP contribution in [0, 0.1) is 6.92 Å². The Morgan fingerprint density at radius 2 is 2.23 bits per heavy atom. The second kappa shape index (κ2) is 3.87. The highest BCUT2D eigenvalue weighted by Crippen LogP contribution is 2.17. The molecule has 0 saturated heterocycles. The predicted molar refractivity (Wildman–Crippen MR) is 46.3 cm³/mol. The fourth-order valence-electron chi connectivity index (χ4n) is 1.03. The van der Waals surface area contributed by atoms with E-state index in [9.17, 15) is 13.6 Å². The molecular formula is C8H8ClF2NO. The monoisotopic (exact) mass is 207 g/mol. The molecule has 0 aromatic carbocycles. The van der Waals surface area contributed by atoms with E-state index in [1.165, 1.54) is 13.1 Å². The van der Waals surface area contributed by atoms with Gasteiger partial charge in [0, 0.05) is 17.3 Å². The average molecular weight is 208 g/mol. The molecule has 0 saturated carbocycles. The minimum absolute atomic E-state index is 0.0275. The van der Waals surface area contributed by atoms with Gasteiger partial charge in [-0.05, 0) is 6.92 Å². The van der Waals surface area contributed by atoms with Gasteiger partial charge in [0.1, 0.15) is 0 Å². The quantitative estimate of drug-likeness (QED) is 0.742. The Bertz CT molecular complexity index is 362. The Labute approximate surface area is 78.5 Å². The highest BCUT2D eigenvalue weighted by atomic mass is 35.5. The van der Waals surface area contributed by atoms with Crippen LogP contribution in [0.4, 0.5) is 8.78 Å². The molecule has 1 aromatic rings. The maximum atomic E-state index is 12.2. The van der Waals surface area contributed by atoms with Gasteiger partial charge in [-0.15, -0.1) is 11.6 Å². The largest absolute Gasteiger partial charge is 0.360 e. The van der Waals surface area contributed by atoms with Gasteiger partial charge in [0.05, 0.1) is 11.6 Å². The summed E-state index contributed by atoms with van der Waals surface area (Å²) >= 11 is 5.43. The summed E-state index contributed by atoms with van der Waals surface area (Å²) in [6.07, 6.45) is -1.43. The Kier molecular flexibility index (Phi) is 3.03. The van der Waals surface area contributed by atoms with Crippen molar-refractivity contribution in [3.8, 4) is 0 Å². The van der Waals surface area contributed by atoms with Crippen molar-refractivity contribution in [2.24, 2.45) is 0 Å². The van der Waals surface area contributed by atoms with E-state index in [0.29, 0.717) is 5.56 Å². The number of hydrogen-bond acceptors (Lipinski definition) is 1. The Morgan fingerprint density at radius 3 is 2.69 bits per heavy atom. The van der Waals surface area contributed by atoms with E-state index in [0.717, 1.165) is 0 Å². The molecule has 0 unspecified atom stereocenters. The molecule has 13 heavy (non-hydrogen) atoms. The lowest BCUT2D eigenvalue weighted by atomic mass is 10.1. The van der Waals surface area contributed by atoms with Gasteiger partial charge in [-0.2, -0.15) is 0 Å². The SMILES string of the molecule is Cc1c(C(F)F)[nH]cc(CCl)c1=O. The van der Waals surface area contributed by atoms with Gasteiger partial charge in [0.2, 0.25) is 0 Å². The third-order valence-corrected chi connectivity index (χ3v) is 2.09. The van der Waals surface area contributed by atoms with Crippen molar-refractivity contribution in [1.29, 1.82) is 0 Å². The fourth-order valence-corrected chi connectivity index (χ4v) is 1.23. The average Bonchev–Trinajstić information content (AvgIpc) is 2.09. The lowest BCUT2D eigenvalue weighted by Crippen LogP contribution is -2.15. The minimum Gasteiger partial charge on any atom is -0.360 e. The van der Waals surface area contributed by atoms with E-state index in [1.54, 1.807) is 0 Å². The first-order valence-corrected chi connectivity index (χ1v) is 4.16. The van der Waals surface area contributed by atoms with E-state index in [1.807, 2.05) is 0 Å². The van der Waals surface area contributed by atoms with Crippen LogP contribution in [0.3, 0.4) is 0 Å². The highest BCUT2D eigenvalue weighted by Gasteiger charge is 2.14. The van der Waals surface area contributed by atoms with Crippen LogP contribution in [-0.4, -0.2) is 4.98 Å². The summed E-state index contributed by atoms with van der Waals surface area (Å²) in [6.45, 7) is 1.36. The zero-order valence-electron chi connectivity index (χ0n) is 6.90. The second-order valence-corrected chi connectivity index (χ2v) is 2.88. The van der Waals surface area contributed by atoms with Gasteiger partial charge in [0.25, 0.3) is 6.43 Å². The van der Waals surface area contributed by atoms with E-state index in [4.69, 9.17) is 11.6 Å². The molecule has 72 valence electrons. The van der Waals surface area contributed by atoms with Gasteiger partial charge < -0.3 is 4.98 Å². The maximum absolute atomic E-state index is 12.2. The zero-order chi connectivity index (χ0) is 10.0. The first-order valence-electron chi connectivity index (χ1n) is 3.63. The van der Waals surface area contributed by atoms with Crippen molar-refractivity contribution in [2.45, 2.75) is 19.2 Å². The third kappa shape index (κ3) is 1.88. The third-order valence-electron chi connectivity index (χ3n) is 1.80. The second-order valence-electron chi connectivity index (χ2n) is 2.62. The molecule has 0 atom stereocenters. The first kappa shape index (κ1) is 10.2. The normalized spacial score (nSPS) is 10.8. The summed E-state index contributed by atoms with van der Waals surface area (Å²) in [4.78, 5) is 13.6. The molecule has 1 heterocycles. The van der Waals surface area contributed by atoms with Crippen molar-refractivity contribution in [2.75, 3.05) is 0 Å². The molecule has 0 amide bonds. The van der Waals surface area contributed by atoms with Crippen LogP contribution in [0.15, 0.2) is 11.0 Å². The van der Waals surface area contributed by atoms with Gasteiger partial charge in [0.15, 0.2) is 5.43 Å². The molecule has 1 rings (SSSR count). The summed E-state index contributed by atoms with van der Waals surface area (Å²) in [5, 5.41) is 0. The molecule has 0 aliphatic heterocycles. The number of halogens is 3. The van der Waals surface area contributed by atoms with E-state index >= 15 is 0 Å². The summed E-state index contributed by atoms with van der Waals surface area (Å²) in [5.74, 6) is 0.0275. The van der Waals surface area contributed by atoms with Crippen LogP contribution in [0.1, 0.15) is 23.2 Å². The van der Waals surface area contributed by atoms with Crippen LogP contribution < -0.4 is 5.43 Å². The standard InChI is InChI=1S/C8H8ClF2NO/c1-4-6(8(10)11)12-3-5(2-9)7(4)13/h3,8H,2H2,1H3,(H,12,13). The van der Waals surface area contributed by atoms with Crippen LogP contribution in [0.2, 0.25) is 0 Å². The highest BCUT2D eigenvalue weighted by molar-refractivity contribution is 6.17. The van der Waals surface area contributed by atoms with Gasteiger partial charge >= 0.3 is 0 Å². The zero-order valence-corrected chi connectivity index (χ0v) is 7.66. The number of aromatic nitrogens is 1. The number of pyridine rings is 1. The molecule has 0 fully saturated rings. The topological polar surface area (TPSA) is 32.9 Å². The van der Waals surface area contributed by atoms with Crippen LogP contribution >= 0.6 is 11.6 Å². The van der Waals surface area contributed by atoms with Gasteiger partial charge in [-0.3, -0.25) is 4.79 Å².